The van der Waals surface area contributed by atoms with Gasteiger partial charge in [0.1, 0.15) is 6.73 Å². The number of hydrogen-bond acceptors (Lipinski definition) is 2. The number of carbonyl (C=O) groups is 1. The zero-order chi connectivity index (χ0) is 15.0. The number of ether oxygens (including phenoxy) is 1. The van der Waals surface area contributed by atoms with E-state index in [1.807, 2.05) is 0 Å². The first kappa shape index (κ1) is 16.7. The molecular weight excluding hydrogens is 250 g/mol. The summed E-state index contributed by atoms with van der Waals surface area (Å²) in [6.07, 6.45) is 3.97. The van der Waals surface area contributed by atoms with Gasteiger partial charge < -0.3 is 4.74 Å². The summed E-state index contributed by atoms with van der Waals surface area (Å²) >= 11 is 0. The highest BCUT2D eigenvalue weighted by Gasteiger charge is 2.17. The van der Waals surface area contributed by atoms with Crippen LogP contribution in [0.5, 0.6) is 0 Å². The summed E-state index contributed by atoms with van der Waals surface area (Å²) in [5.74, 6) is 0.0390. The van der Waals surface area contributed by atoms with Crippen LogP contribution in [0.2, 0.25) is 0 Å². The van der Waals surface area contributed by atoms with Gasteiger partial charge in [-0.05, 0) is 30.4 Å². The Morgan fingerprint density at radius 2 is 1.75 bits per heavy atom. The molecule has 0 unspecified atom stereocenters. The second-order valence-electron chi connectivity index (χ2n) is 4.97. The molecule has 0 aliphatic carbocycles. The Hall–Kier alpha value is -1.35. The van der Waals surface area contributed by atoms with Gasteiger partial charge in [-0.3, -0.25) is 9.69 Å². The van der Waals surface area contributed by atoms with Crippen molar-refractivity contribution in [3.8, 4) is 0 Å². The quantitative estimate of drug-likeness (QED) is 0.532. The molecule has 0 aliphatic rings. The van der Waals surface area contributed by atoms with E-state index in [1.54, 1.807) is 11.8 Å². The van der Waals surface area contributed by atoms with Crippen LogP contribution in [0.15, 0.2) is 18.2 Å². The Labute approximate surface area is 122 Å². The molecule has 1 rings (SSSR count). The minimum atomic E-state index is 0.0390. The van der Waals surface area contributed by atoms with Crippen molar-refractivity contribution in [3.63, 3.8) is 0 Å². The van der Waals surface area contributed by atoms with Crippen LogP contribution >= 0.6 is 0 Å². The molecule has 1 amide bonds. The number of amides is 1. The Morgan fingerprint density at radius 1 is 1.15 bits per heavy atom. The molecule has 0 saturated carbocycles. The third-order valence-electron chi connectivity index (χ3n) is 3.48. The molecule has 3 heteroatoms. The van der Waals surface area contributed by atoms with Gasteiger partial charge in [-0.1, -0.05) is 45.4 Å². The molecule has 112 valence electrons. The van der Waals surface area contributed by atoms with Crippen LogP contribution < -0.4 is 4.90 Å². The zero-order valence-electron chi connectivity index (χ0n) is 13.2. The van der Waals surface area contributed by atoms with E-state index in [1.165, 1.54) is 11.1 Å². The third-order valence-corrected chi connectivity index (χ3v) is 3.48. The fourth-order valence-electron chi connectivity index (χ4n) is 2.28. The van der Waals surface area contributed by atoms with Crippen LogP contribution in [0.3, 0.4) is 0 Å². The van der Waals surface area contributed by atoms with Gasteiger partial charge in [-0.25, -0.2) is 0 Å². The van der Waals surface area contributed by atoms with E-state index in [2.05, 4.69) is 39.0 Å². The number of nitrogens with zero attached hydrogens (tertiary/aromatic N) is 1. The molecule has 0 heterocycles. The molecule has 1 aromatic carbocycles. The first-order valence-electron chi connectivity index (χ1n) is 7.62. The number of para-hydroxylation sites is 1. The molecule has 0 bridgehead atoms. The average molecular weight is 277 g/mol. The van der Waals surface area contributed by atoms with E-state index in [-0.39, 0.29) is 5.91 Å². The third kappa shape index (κ3) is 4.34. The summed E-state index contributed by atoms with van der Waals surface area (Å²) in [6.45, 7) is 9.03. The molecular formula is C17H27NO2. The predicted octanol–water partition coefficient (Wildman–Crippen LogP) is 3.94. The molecule has 0 aromatic heterocycles. The van der Waals surface area contributed by atoms with Crippen molar-refractivity contribution in [1.29, 1.82) is 0 Å². The van der Waals surface area contributed by atoms with Gasteiger partial charge in [-0.15, -0.1) is 0 Å². The van der Waals surface area contributed by atoms with Crippen LogP contribution in [-0.2, 0) is 22.4 Å². The largest absolute Gasteiger partial charge is 0.361 e. The Kier molecular flexibility index (Phi) is 7.31. The van der Waals surface area contributed by atoms with Crippen molar-refractivity contribution in [1.82, 2.24) is 0 Å². The van der Waals surface area contributed by atoms with Crippen molar-refractivity contribution in [2.45, 2.75) is 53.4 Å². The number of anilines is 1. The molecule has 0 radical (unpaired) electrons. The van der Waals surface area contributed by atoms with Gasteiger partial charge in [-0.2, -0.15) is 0 Å². The van der Waals surface area contributed by atoms with Crippen molar-refractivity contribution in [2.75, 3.05) is 18.2 Å². The van der Waals surface area contributed by atoms with E-state index in [9.17, 15) is 4.79 Å². The highest BCUT2D eigenvalue weighted by atomic mass is 16.5. The van der Waals surface area contributed by atoms with Crippen LogP contribution in [0.4, 0.5) is 5.69 Å². The van der Waals surface area contributed by atoms with Crippen molar-refractivity contribution in [2.24, 2.45) is 0 Å². The maximum absolute atomic E-state index is 12.0. The molecule has 0 saturated heterocycles. The van der Waals surface area contributed by atoms with Gasteiger partial charge in [0.15, 0.2) is 0 Å². The van der Waals surface area contributed by atoms with Crippen molar-refractivity contribution < 1.29 is 9.53 Å². The smallest absolute Gasteiger partial charge is 0.225 e. The van der Waals surface area contributed by atoms with Gasteiger partial charge in [0, 0.05) is 13.5 Å². The lowest BCUT2D eigenvalue weighted by atomic mass is 10.0. The number of aryl methyl sites for hydroxylation is 2. The SMILES string of the molecule is CCCCOCN(C(C)=O)c1c(CC)cccc1CC. The molecule has 0 aliphatic heterocycles. The molecule has 0 fully saturated rings. The highest BCUT2D eigenvalue weighted by Crippen LogP contribution is 2.27. The van der Waals surface area contributed by atoms with E-state index in [0.717, 1.165) is 31.4 Å². The summed E-state index contributed by atoms with van der Waals surface area (Å²) in [7, 11) is 0. The Bertz CT molecular complexity index is 407. The summed E-state index contributed by atoms with van der Waals surface area (Å²) in [5, 5.41) is 0. The number of unbranched alkanes of at least 4 members (excludes halogenated alkanes) is 1. The molecule has 0 atom stereocenters. The van der Waals surface area contributed by atoms with E-state index >= 15 is 0 Å². The molecule has 20 heavy (non-hydrogen) atoms. The number of carbonyl (C=O) groups excluding carboxylic acids is 1. The summed E-state index contributed by atoms with van der Waals surface area (Å²) in [5.41, 5.74) is 3.46. The standard InChI is InChI=1S/C17H27NO2/c1-5-8-12-20-13-18(14(4)19)17-15(6-2)10-9-11-16(17)7-3/h9-11H,5-8,12-13H2,1-4H3. The second kappa shape index (κ2) is 8.75. The number of hydrogen-bond donors (Lipinski definition) is 0. The van der Waals surface area contributed by atoms with Gasteiger partial charge >= 0.3 is 0 Å². The summed E-state index contributed by atoms with van der Waals surface area (Å²) in [6, 6.07) is 6.25. The summed E-state index contributed by atoms with van der Waals surface area (Å²) in [4.78, 5) is 13.8. The van der Waals surface area contributed by atoms with E-state index < -0.39 is 0 Å². The first-order chi connectivity index (χ1) is 9.65. The highest BCUT2D eigenvalue weighted by molar-refractivity contribution is 5.93. The van der Waals surface area contributed by atoms with Crippen molar-refractivity contribution in [3.05, 3.63) is 29.3 Å². The van der Waals surface area contributed by atoms with Gasteiger partial charge in [0.25, 0.3) is 0 Å². The van der Waals surface area contributed by atoms with Crippen molar-refractivity contribution >= 4 is 11.6 Å². The Morgan fingerprint density at radius 3 is 2.20 bits per heavy atom. The first-order valence-corrected chi connectivity index (χ1v) is 7.62. The fourth-order valence-corrected chi connectivity index (χ4v) is 2.28. The van der Waals surface area contributed by atoms with Gasteiger partial charge in [0.2, 0.25) is 5.91 Å². The summed E-state index contributed by atoms with van der Waals surface area (Å²) < 4.78 is 5.66. The maximum atomic E-state index is 12.0. The predicted molar refractivity (Wildman–Crippen MR) is 84.1 cm³/mol. The van der Waals surface area contributed by atoms with E-state index in [4.69, 9.17) is 4.74 Å². The Balaban J connectivity index is 2.98. The number of rotatable bonds is 8. The second-order valence-corrected chi connectivity index (χ2v) is 4.97. The average Bonchev–Trinajstić information content (AvgIpc) is 2.46. The lowest BCUT2D eigenvalue weighted by Crippen LogP contribution is -2.33. The zero-order valence-corrected chi connectivity index (χ0v) is 13.2. The maximum Gasteiger partial charge on any atom is 0.225 e. The topological polar surface area (TPSA) is 29.5 Å². The normalized spacial score (nSPS) is 10.6. The lowest BCUT2D eigenvalue weighted by molar-refractivity contribution is -0.117. The van der Waals surface area contributed by atoms with E-state index in [0.29, 0.717) is 13.3 Å². The van der Waals surface area contributed by atoms with Crippen LogP contribution in [-0.4, -0.2) is 19.2 Å². The fraction of sp³-hybridized carbons (Fsp3) is 0.588. The minimum Gasteiger partial charge on any atom is -0.361 e. The number of benzene rings is 1. The monoisotopic (exact) mass is 277 g/mol. The molecule has 3 nitrogen and oxygen atoms in total. The molecule has 1 aromatic rings. The van der Waals surface area contributed by atoms with Crippen LogP contribution in [0, 0.1) is 0 Å². The van der Waals surface area contributed by atoms with Gasteiger partial charge in [0.05, 0.1) is 5.69 Å². The van der Waals surface area contributed by atoms with Crippen LogP contribution in [0.25, 0.3) is 0 Å². The lowest BCUT2D eigenvalue weighted by Gasteiger charge is -2.26. The minimum absolute atomic E-state index is 0.0390. The molecule has 0 spiro atoms. The molecule has 0 N–H and O–H groups in total. The van der Waals surface area contributed by atoms with Crippen LogP contribution in [0.1, 0.15) is 51.7 Å².